The molecule has 0 radical (unpaired) electrons. The van der Waals surface area contributed by atoms with Gasteiger partial charge in [-0.2, -0.15) is 0 Å². The Labute approximate surface area is 106 Å². The summed E-state index contributed by atoms with van der Waals surface area (Å²) in [6, 6.07) is 4.79. The Hall–Kier alpha value is -0.640. The minimum atomic E-state index is -0.249. The Balaban J connectivity index is 1.95. The summed E-state index contributed by atoms with van der Waals surface area (Å²) in [7, 11) is 1.74. The van der Waals surface area contributed by atoms with Crippen molar-refractivity contribution < 1.29 is 9.13 Å². The molecule has 1 saturated carbocycles. The van der Waals surface area contributed by atoms with Crippen LogP contribution in [-0.4, -0.2) is 19.3 Å². The third-order valence-corrected chi connectivity index (χ3v) is 3.69. The molecular formula is C13H17ClFNO. The molecule has 0 amide bonds. The van der Waals surface area contributed by atoms with E-state index in [-0.39, 0.29) is 11.9 Å². The molecule has 0 bridgehead atoms. The predicted molar refractivity (Wildman–Crippen MR) is 66.7 cm³/mol. The third-order valence-electron chi connectivity index (χ3n) is 3.32. The Bertz CT molecular complexity index is 386. The number of hydrogen-bond acceptors (Lipinski definition) is 2. The maximum atomic E-state index is 13.1. The van der Waals surface area contributed by atoms with Crippen LogP contribution in [0, 0.1) is 5.82 Å². The number of nitrogens with one attached hydrogen (secondary N) is 1. The lowest BCUT2D eigenvalue weighted by atomic mass is 10.1. The molecule has 2 rings (SSSR count). The molecule has 0 saturated heterocycles. The molecule has 1 aromatic carbocycles. The van der Waals surface area contributed by atoms with Crippen LogP contribution >= 0.6 is 11.6 Å². The van der Waals surface area contributed by atoms with Gasteiger partial charge in [0.2, 0.25) is 0 Å². The van der Waals surface area contributed by atoms with Gasteiger partial charge in [-0.1, -0.05) is 11.6 Å². The van der Waals surface area contributed by atoms with Crippen molar-refractivity contribution in [2.45, 2.75) is 38.0 Å². The Kier molecular flexibility index (Phi) is 4.37. The molecule has 1 aromatic rings. The van der Waals surface area contributed by atoms with Crippen LogP contribution in [0.15, 0.2) is 18.2 Å². The largest absolute Gasteiger partial charge is 0.380 e. The van der Waals surface area contributed by atoms with Crippen molar-refractivity contribution in [2.75, 3.05) is 7.11 Å². The SMILES string of the molecule is COC1CCCC1NCc1cc(F)ccc1Cl. The van der Waals surface area contributed by atoms with E-state index < -0.39 is 0 Å². The minimum Gasteiger partial charge on any atom is -0.380 e. The number of methoxy groups -OCH3 is 1. The molecule has 2 unspecified atom stereocenters. The van der Waals surface area contributed by atoms with Crippen LogP contribution in [0.25, 0.3) is 0 Å². The van der Waals surface area contributed by atoms with Crippen LogP contribution in [-0.2, 0) is 11.3 Å². The summed E-state index contributed by atoms with van der Waals surface area (Å²) in [5.41, 5.74) is 0.799. The van der Waals surface area contributed by atoms with Gasteiger partial charge in [-0.15, -0.1) is 0 Å². The summed E-state index contributed by atoms with van der Waals surface area (Å²) in [5.74, 6) is -0.249. The highest BCUT2D eigenvalue weighted by atomic mass is 35.5. The van der Waals surface area contributed by atoms with Crippen LogP contribution < -0.4 is 5.32 Å². The molecule has 94 valence electrons. The molecule has 1 aliphatic rings. The van der Waals surface area contributed by atoms with Gasteiger partial charge in [-0.05, 0) is 43.0 Å². The van der Waals surface area contributed by atoms with Gasteiger partial charge in [0.15, 0.2) is 0 Å². The fourth-order valence-electron chi connectivity index (χ4n) is 2.36. The molecule has 1 N–H and O–H groups in total. The van der Waals surface area contributed by atoms with E-state index in [0.29, 0.717) is 17.6 Å². The Morgan fingerprint density at radius 2 is 2.29 bits per heavy atom. The highest BCUT2D eigenvalue weighted by Crippen LogP contribution is 2.23. The van der Waals surface area contributed by atoms with Crippen LogP contribution in [0.4, 0.5) is 4.39 Å². The summed E-state index contributed by atoms with van der Waals surface area (Å²) in [4.78, 5) is 0. The maximum Gasteiger partial charge on any atom is 0.123 e. The molecule has 2 atom stereocenters. The molecule has 1 fully saturated rings. The van der Waals surface area contributed by atoms with Gasteiger partial charge < -0.3 is 10.1 Å². The number of hydrogen-bond donors (Lipinski definition) is 1. The zero-order valence-electron chi connectivity index (χ0n) is 9.88. The van der Waals surface area contributed by atoms with E-state index in [1.54, 1.807) is 13.2 Å². The second kappa shape index (κ2) is 5.80. The first kappa shape index (κ1) is 12.8. The summed E-state index contributed by atoms with van der Waals surface area (Å²) in [5, 5.41) is 3.99. The molecular weight excluding hydrogens is 241 g/mol. The van der Waals surface area contributed by atoms with Crippen molar-refractivity contribution in [1.29, 1.82) is 0 Å². The molecule has 0 spiro atoms. The number of benzene rings is 1. The highest BCUT2D eigenvalue weighted by molar-refractivity contribution is 6.31. The Morgan fingerprint density at radius 3 is 3.06 bits per heavy atom. The predicted octanol–water partition coefficient (Wildman–Crippen LogP) is 3.14. The molecule has 4 heteroatoms. The first-order valence-electron chi connectivity index (χ1n) is 5.91. The van der Waals surface area contributed by atoms with Crippen molar-refractivity contribution in [3.8, 4) is 0 Å². The van der Waals surface area contributed by atoms with E-state index in [2.05, 4.69) is 5.32 Å². The summed E-state index contributed by atoms with van der Waals surface area (Å²) in [6.07, 6.45) is 3.63. The lowest BCUT2D eigenvalue weighted by molar-refractivity contribution is 0.0847. The first-order chi connectivity index (χ1) is 8.20. The average Bonchev–Trinajstić information content (AvgIpc) is 2.77. The quantitative estimate of drug-likeness (QED) is 0.895. The maximum absolute atomic E-state index is 13.1. The van der Waals surface area contributed by atoms with Gasteiger partial charge in [-0.3, -0.25) is 0 Å². The highest BCUT2D eigenvalue weighted by Gasteiger charge is 2.26. The lowest BCUT2D eigenvalue weighted by Gasteiger charge is -2.20. The number of ether oxygens (including phenoxy) is 1. The van der Waals surface area contributed by atoms with Crippen LogP contribution in [0.5, 0.6) is 0 Å². The van der Waals surface area contributed by atoms with Gasteiger partial charge >= 0.3 is 0 Å². The van der Waals surface area contributed by atoms with Crippen LogP contribution in [0.2, 0.25) is 5.02 Å². The van der Waals surface area contributed by atoms with E-state index >= 15 is 0 Å². The zero-order valence-corrected chi connectivity index (χ0v) is 10.6. The van der Waals surface area contributed by atoms with Gasteiger partial charge in [0.05, 0.1) is 6.10 Å². The third kappa shape index (κ3) is 3.18. The summed E-state index contributed by atoms with van der Waals surface area (Å²) in [6.45, 7) is 0.584. The van der Waals surface area contributed by atoms with Crippen LogP contribution in [0.1, 0.15) is 24.8 Å². The average molecular weight is 258 g/mol. The minimum absolute atomic E-state index is 0.249. The fourth-order valence-corrected chi connectivity index (χ4v) is 2.55. The standard InChI is InChI=1S/C13H17ClFNO/c1-17-13-4-2-3-12(13)16-8-9-7-10(15)5-6-11(9)14/h5-7,12-13,16H,2-4,8H2,1H3. The number of halogens is 2. The van der Waals surface area contributed by atoms with Crippen molar-refractivity contribution in [1.82, 2.24) is 5.32 Å². The fraction of sp³-hybridized carbons (Fsp3) is 0.538. The summed E-state index contributed by atoms with van der Waals surface area (Å²) < 4.78 is 18.5. The molecule has 0 aromatic heterocycles. The van der Waals surface area contributed by atoms with Crippen molar-refractivity contribution >= 4 is 11.6 Å². The van der Waals surface area contributed by atoms with Crippen molar-refractivity contribution in [2.24, 2.45) is 0 Å². The molecule has 0 heterocycles. The normalized spacial score (nSPS) is 24.2. The topological polar surface area (TPSA) is 21.3 Å². The second-order valence-electron chi connectivity index (χ2n) is 4.43. The van der Waals surface area contributed by atoms with E-state index in [1.807, 2.05) is 0 Å². The van der Waals surface area contributed by atoms with Crippen molar-refractivity contribution in [3.63, 3.8) is 0 Å². The molecule has 2 nitrogen and oxygen atoms in total. The van der Waals surface area contributed by atoms with Gasteiger partial charge in [0.1, 0.15) is 5.82 Å². The van der Waals surface area contributed by atoms with Gasteiger partial charge in [0, 0.05) is 24.7 Å². The van der Waals surface area contributed by atoms with E-state index in [0.717, 1.165) is 18.4 Å². The smallest absolute Gasteiger partial charge is 0.123 e. The zero-order chi connectivity index (χ0) is 12.3. The van der Waals surface area contributed by atoms with Crippen molar-refractivity contribution in [3.05, 3.63) is 34.6 Å². The molecule has 1 aliphatic carbocycles. The van der Waals surface area contributed by atoms with Crippen LogP contribution in [0.3, 0.4) is 0 Å². The number of rotatable bonds is 4. The summed E-state index contributed by atoms with van der Waals surface area (Å²) >= 11 is 6.01. The lowest BCUT2D eigenvalue weighted by Crippen LogP contribution is -2.36. The Morgan fingerprint density at radius 1 is 1.47 bits per heavy atom. The van der Waals surface area contributed by atoms with E-state index in [9.17, 15) is 4.39 Å². The van der Waals surface area contributed by atoms with Gasteiger partial charge in [-0.25, -0.2) is 4.39 Å². The molecule has 0 aliphatic heterocycles. The van der Waals surface area contributed by atoms with Gasteiger partial charge in [0.25, 0.3) is 0 Å². The second-order valence-corrected chi connectivity index (χ2v) is 4.84. The first-order valence-corrected chi connectivity index (χ1v) is 6.28. The van der Waals surface area contributed by atoms with E-state index in [1.165, 1.54) is 18.6 Å². The van der Waals surface area contributed by atoms with E-state index in [4.69, 9.17) is 16.3 Å². The monoisotopic (exact) mass is 257 g/mol. The molecule has 17 heavy (non-hydrogen) atoms.